The van der Waals surface area contributed by atoms with Crippen molar-refractivity contribution in [2.45, 2.75) is 26.3 Å². The minimum atomic E-state index is -0.366. The zero-order chi connectivity index (χ0) is 14.7. The van der Waals surface area contributed by atoms with Gasteiger partial charge in [-0.25, -0.2) is 0 Å². The number of imidazole rings is 1. The average Bonchev–Trinajstić information content (AvgIpc) is 2.79. The van der Waals surface area contributed by atoms with Gasteiger partial charge in [-0.05, 0) is 37.7 Å². The number of aromatic nitrogens is 2. The number of hydrogen-bond donors (Lipinski definition) is 2. The molecule has 2 rings (SSSR count). The molecule has 6 heteroatoms. The van der Waals surface area contributed by atoms with Gasteiger partial charge in [-0.1, -0.05) is 13.0 Å². The highest BCUT2D eigenvalue weighted by atomic mass is 32.1. The zero-order valence-electron chi connectivity index (χ0n) is 11.9. The van der Waals surface area contributed by atoms with Gasteiger partial charge in [-0.15, -0.1) is 0 Å². The number of amides is 1. The van der Waals surface area contributed by atoms with Crippen molar-refractivity contribution in [3.05, 3.63) is 23.0 Å². The summed E-state index contributed by atoms with van der Waals surface area (Å²) in [6.07, 6.45) is 0.908. The summed E-state index contributed by atoms with van der Waals surface area (Å²) in [5.41, 5.74) is 1.68. The van der Waals surface area contributed by atoms with E-state index in [1.54, 1.807) is 7.11 Å². The van der Waals surface area contributed by atoms with Crippen molar-refractivity contribution in [1.29, 1.82) is 0 Å². The number of H-pyrrole nitrogens is 1. The van der Waals surface area contributed by atoms with Gasteiger partial charge < -0.3 is 19.6 Å². The predicted molar refractivity (Wildman–Crippen MR) is 81.7 cm³/mol. The van der Waals surface area contributed by atoms with Gasteiger partial charge in [0.05, 0.1) is 12.6 Å². The Labute approximate surface area is 122 Å². The van der Waals surface area contributed by atoms with Crippen LogP contribution in [-0.2, 0) is 4.79 Å². The Morgan fingerprint density at radius 2 is 2.30 bits per heavy atom. The number of methoxy groups -OCH3 is 1. The van der Waals surface area contributed by atoms with Gasteiger partial charge in [-0.2, -0.15) is 0 Å². The zero-order valence-corrected chi connectivity index (χ0v) is 12.7. The Morgan fingerprint density at radius 1 is 1.55 bits per heavy atom. The van der Waals surface area contributed by atoms with E-state index in [-0.39, 0.29) is 11.9 Å². The number of benzene rings is 1. The maximum Gasteiger partial charge on any atom is 0.242 e. The Hall–Kier alpha value is -1.82. The molecule has 0 aliphatic heterocycles. The normalized spacial score (nSPS) is 12.3. The first-order valence-corrected chi connectivity index (χ1v) is 7.05. The van der Waals surface area contributed by atoms with E-state index >= 15 is 0 Å². The van der Waals surface area contributed by atoms with Crippen LogP contribution in [0.1, 0.15) is 26.3 Å². The monoisotopic (exact) mass is 293 g/mol. The van der Waals surface area contributed by atoms with Crippen molar-refractivity contribution >= 4 is 29.2 Å². The molecule has 1 amide bonds. The van der Waals surface area contributed by atoms with Crippen LogP contribution < -0.4 is 10.1 Å². The lowest BCUT2D eigenvalue weighted by Gasteiger charge is -2.14. The van der Waals surface area contributed by atoms with Gasteiger partial charge >= 0.3 is 0 Å². The summed E-state index contributed by atoms with van der Waals surface area (Å²) in [4.78, 5) is 15.2. The molecule has 0 saturated heterocycles. The summed E-state index contributed by atoms with van der Waals surface area (Å²) < 4.78 is 7.64. The molecule has 2 N–H and O–H groups in total. The second-order valence-corrected chi connectivity index (χ2v) is 5.01. The fourth-order valence-corrected chi connectivity index (χ4v) is 2.55. The number of aromatic amines is 1. The molecular formula is C14H19N3O2S. The minimum Gasteiger partial charge on any atom is -0.494 e. The van der Waals surface area contributed by atoms with E-state index in [0.29, 0.717) is 17.1 Å². The average molecular weight is 293 g/mol. The highest BCUT2D eigenvalue weighted by molar-refractivity contribution is 7.71. The second-order valence-electron chi connectivity index (χ2n) is 4.62. The van der Waals surface area contributed by atoms with Gasteiger partial charge in [0.15, 0.2) is 4.77 Å². The molecule has 0 fully saturated rings. The molecule has 0 radical (unpaired) electrons. The lowest BCUT2D eigenvalue weighted by atomic mass is 10.2. The first-order valence-electron chi connectivity index (χ1n) is 6.65. The number of para-hydroxylation sites is 1. The molecule has 20 heavy (non-hydrogen) atoms. The third kappa shape index (κ3) is 2.56. The van der Waals surface area contributed by atoms with E-state index in [1.165, 1.54) is 0 Å². The molecule has 0 saturated carbocycles. The van der Waals surface area contributed by atoms with Gasteiger partial charge in [0.2, 0.25) is 5.91 Å². The summed E-state index contributed by atoms with van der Waals surface area (Å²) in [5, 5.41) is 2.89. The number of carbonyl (C=O) groups is 1. The number of nitrogens with zero attached hydrogens (tertiary/aromatic N) is 1. The highest BCUT2D eigenvalue weighted by Gasteiger charge is 2.19. The van der Waals surface area contributed by atoms with Crippen molar-refractivity contribution in [3.63, 3.8) is 0 Å². The highest BCUT2D eigenvalue weighted by Crippen LogP contribution is 2.26. The third-order valence-electron chi connectivity index (χ3n) is 3.25. The number of carbonyl (C=O) groups excluding carboxylic acids is 1. The van der Waals surface area contributed by atoms with Gasteiger partial charge in [0.25, 0.3) is 0 Å². The largest absolute Gasteiger partial charge is 0.494 e. The second kappa shape index (κ2) is 6.09. The summed E-state index contributed by atoms with van der Waals surface area (Å²) in [7, 11) is 1.61. The molecule has 5 nitrogen and oxygen atoms in total. The van der Waals surface area contributed by atoms with E-state index < -0.39 is 0 Å². The summed E-state index contributed by atoms with van der Waals surface area (Å²) >= 11 is 5.34. The maximum atomic E-state index is 12.1. The van der Waals surface area contributed by atoms with Crippen LogP contribution in [0.4, 0.5) is 0 Å². The maximum absolute atomic E-state index is 12.1. The van der Waals surface area contributed by atoms with E-state index in [0.717, 1.165) is 17.5 Å². The minimum absolute atomic E-state index is 0.0355. The number of nitrogens with one attached hydrogen (secondary N) is 2. The Balaban J connectivity index is 2.46. The SMILES string of the molecule is CCCNC(=O)C(C)n1c(=S)[nH]c2c(OC)cccc21. The first-order chi connectivity index (χ1) is 9.60. The van der Waals surface area contributed by atoms with Crippen molar-refractivity contribution in [3.8, 4) is 5.75 Å². The fraction of sp³-hybridized carbons (Fsp3) is 0.429. The lowest BCUT2D eigenvalue weighted by molar-refractivity contribution is -0.123. The summed E-state index contributed by atoms with van der Waals surface area (Å²) in [6, 6.07) is 5.31. The molecule has 1 aromatic carbocycles. The van der Waals surface area contributed by atoms with E-state index in [9.17, 15) is 4.79 Å². The molecule has 1 heterocycles. The van der Waals surface area contributed by atoms with Crippen LogP contribution in [0.25, 0.3) is 11.0 Å². The number of ether oxygens (including phenoxy) is 1. The standard InChI is InChI=1S/C14H19N3O2S/c1-4-8-15-13(18)9(2)17-10-6-5-7-11(19-3)12(10)16-14(17)20/h5-7,9H,4,8H2,1-3H3,(H,15,18)(H,16,20). The van der Waals surface area contributed by atoms with E-state index in [2.05, 4.69) is 10.3 Å². The van der Waals surface area contributed by atoms with Crippen LogP contribution in [0, 0.1) is 4.77 Å². The fourth-order valence-electron chi connectivity index (χ4n) is 2.19. The smallest absolute Gasteiger partial charge is 0.242 e. The topological polar surface area (TPSA) is 59.0 Å². The Morgan fingerprint density at radius 3 is 2.95 bits per heavy atom. The molecule has 0 bridgehead atoms. The molecule has 1 atom stereocenters. The summed E-state index contributed by atoms with van der Waals surface area (Å²) in [5.74, 6) is 0.681. The first kappa shape index (κ1) is 14.6. The molecule has 2 aromatic rings. The quantitative estimate of drug-likeness (QED) is 0.833. The Kier molecular flexibility index (Phi) is 4.44. The van der Waals surface area contributed by atoms with Crippen molar-refractivity contribution in [1.82, 2.24) is 14.9 Å². The predicted octanol–water partition coefficient (Wildman–Crippen LogP) is 2.79. The number of fused-ring (bicyclic) bond motifs is 1. The van der Waals surface area contributed by atoms with Gasteiger partial charge in [0, 0.05) is 6.54 Å². The van der Waals surface area contributed by atoms with Crippen LogP contribution in [0.5, 0.6) is 5.75 Å². The van der Waals surface area contributed by atoms with Gasteiger partial charge in [0.1, 0.15) is 17.3 Å². The van der Waals surface area contributed by atoms with Crippen LogP contribution in [-0.4, -0.2) is 29.1 Å². The number of hydrogen-bond acceptors (Lipinski definition) is 3. The number of rotatable bonds is 5. The van der Waals surface area contributed by atoms with Gasteiger partial charge in [-0.3, -0.25) is 4.79 Å². The van der Waals surface area contributed by atoms with Crippen LogP contribution in [0.15, 0.2) is 18.2 Å². The van der Waals surface area contributed by atoms with Crippen molar-refractivity contribution in [2.24, 2.45) is 0 Å². The van der Waals surface area contributed by atoms with Crippen molar-refractivity contribution in [2.75, 3.05) is 13.7 Å². The lowest BCUT2D eigenvalue weighted by Crippen LogP contribution is -2.31. The Bertz CT molecular complexity index is 675. The molecule has 0 aliphatic carbocycles. The third-order valence-corrected chi connectivity index (χ3v) is 3.55. The molecule has 1 aromatic heterocycles. The summed E-state index contributed by atoms with van der Waals surface area (Å²) in [6.45, 7) is 4.53. The molecule has 0 spiro atoms. The van der Waals surface area contributed by atoms with Crippen LogP contribution in [0.3, 0.4) is 0 Å². The van der Waals surface area contributed by atoms with Crippen LogP contribution >= 0.6 is 12.2 Å². The van der Waals surface area contributed by atoms with E-state index in [4.69, 9.17) is 17.0 Å². The van der Waals surface area contributed by atoms with E-state index in [1.807, 2.05) is 36.6 Å². The molecule has 0 aliphatic rings. The van der Waals surface area contributed by atoms with Crippen molar-refractivity contribution < 1.29 is 9.53 Å². The molecular weight excluding hydrogens is 274 g/mol. The molecule has 1 unspecified atom stereocenters. The molecule has 108 valence electrons. The van der Waals surface area contributed by atoms with Crippen LogP contribution in [0.2, 0.25) is 0 Å².